The van der Waals surface area contributed by atoms with Crippen molar-refractivity contribution in [1.82, 2.24) is 5.32 Å². The van der Waals surface area contributed by atoms with E-state index in [1.807, 2.05) is 45.0 Å². The van der Waals surface area contributed by atoms with Crippen LogP contribution < -0.4 is 19.5 Å². The average Bonchev–Trinajstić information content (AvgIpc) is 3.08. The zero-order valence-electron chi connectivity index (χ0n) is 16.9. The normalized spacial score (nSPS) is 15.6. The molecular formula is C22H26ClNO4. The van der Waals surface area contributed by atoms with Gasteiger partial charge in [0.25, 0.3) is 0 Å². The van der Waals surface area contributed by atoms with Gasteiger partial charge in [0.1, 0.15) is 23.4 Å². The van der Waals surface area contributed by atoms with Gasteiger partial charge in [0, 0.05) is 23.0 Å². The molecule has 2 aromatic carbocycles. The van der Waals surface area contributed by atoms with Crippen LogP contribution in [0.15, 0.2) is 30.3 Å². The van der Waals surface area contributed by atoms with Crippen molar-refractivity contribution < 1.29 is 19.0 Å². The largest absolute Gasteiger partial charge is 0.497 e. The Bertz CT molecular complexity index is 889. The van der Waals surface area contributed by atoms with Crippen LogP contribution in [0.5, 0.6) is 17.2 Å². The summed E-state index contributed by atoms with van der Waals surface area (Å²) in [5.41, 5.74) is 2.42. The molecule has 0 fully saturated rings. The Balaban J connectivity index is 1.83. The third kappa shape index (κ3) is 4.20. The van der Waals surface area contributed by atoms with Gasteiger partial charge in [0.05, 0.1) is 25.8 Å². The molecule has 1 aliphatic rings. The predicted octanol–water partition coefficient (Wildman–Crippen LogP) is 4.49. The van der Waals surface area contributed by atoms with Crippen molar-refractivity contribution in [3.63, 3.8) is 0 Å². The second kappa shape index (κ2) is 7.92. The fourth-order valence-corrected chi connectivity index (χ4v) is 3.45. The van der Waals surface area contributed by atoms with Gasteiger partial charge in [0.2, 0.25) is 5.91 Å². The summed E-state index contributed by atoms with van der Waals surface area (Å²) in [4.78, 5) is 12.1. The van der Waals surface area contributed by atoms with Crippen molar-refractivity contribution >= 4 is 17.5 Å². The molecule has 5 nitrogen and oxygen atoms in total. The highest BCUT2D eigenvalue weighted by Gasteiger charge is 2.28. The quantitative estimate of drug-likeness (QED) is 0.799. The number of rotatable bonds is 5. The van der Waals surface area contributed by atoms with Crippen LogP contribution in [0, 0.1) is 5.41 Å². The zero-order chi connectivity index (χ0) is 20.5. The molecule has 1 aliphatic heterocycles. The maximum Gasteiger partial charge on any atom is 0.225 e. The van der Waals surface area contributed by atoms with E-state index in [0.717, 1.165) is 28.2 Å². The summed E-state index contributed by atoms with van der Waals surface area (Å²) < 4.78 is 16.8. The SMILES string of the molecule is COc1ccc(OC)c(-c2cc(Cl)c3c(c2)C[C@@H](CNC(=O)C(C)(C)C)O3)c1. The van der Waals surface area contributed by atoms with Gasteiger partial charge in [-0.3, -0.25) is 4.79 Å². The first-order chi connectivity index (χ1) is 13.2. The number of halogens is 1. The van der Waals surface area contributed by atoms with Crippen molar-refractivity contribution in [2.24, 2.45) is 5.41 Å². The first-order valence-electron chi connectivity index (χ1n) is 9.22. The highest BCUT2D eigenvalue weighted by molar-refractivity contribution is 6.32. The van der Waals surface area contributed by atoms with Crippen LogP contribution in [-0.2, 0) is 11.2 Å². The molecule has 1 N–H and O–H groups in total. The maximum absolute atomic E-state index is 12.1. The number of hydrogen-bond acceptors (Lipinski definition) is 4. The van der Waals surface area contributed by atoms with Gasteiger partial charge < -0.3 is 19.5 Å². The number of carbonyl (C=O) groups is 1. The first-order valence-corrected chi connectivity index (χ1v) is 9.60. The number of benzene rings is 2. The lowest BCUT2D eigenvalue weighted by atomic mass is 9.95. The van der Waals surface area contributed by atoms with Gasteiger partial charge in [-0.25, -0.2) is 0 Å². The maximum atomic E-state index is 12.1. The predicted molar refractivity (Wildman–Crippen MR) is 111 cm³/mol. The highest BCUT2D eigenvalue weighted by Crippen LogP contribution is 2.42. The van der Waals surface area contributed by atoms with Gasteiger partial charge >= 0.3 is 0 Å². The third-order valence-electron chi connectivity index (χ3n) is 4.74. The summed E-state index contributed by atoms with van der Waals surface area (Å²) in [6, 6.07) is 9.58. The fraction of sp³-hybridized carbons (Fsp3) is 0.409. The van der Waals surface area contributed by atoms with E-state index in [4.69, 9.17) is 25.8 Å². The molecule has 1 atom stereocenters. The Morgan fingerprint density at radius 1 is 1.21 bits per heavy atom. The van der Waals surface area contributed by atoms with Crippen LogP contribution >= 0.6 is 11.6 Å². The van der Waals surface area contributed by atoms with E-state index in [1.165, 1.54) is 0 Å². The summed E-state index contributed by atoms with van der Waals surface area (Å²) >= 11 is 6.51. The van der Waals surface area contributed by atoms with Gasteiger partial charge in [-0.05, 0) is 35.9 Å². The van der Waals surface area contributed by atoms with E-state index < -0.39 is 5.41 Å². The number of carbonyl (C=O) groups excluding carboxylic acids is 1. The minimum absolute atomic E-state index is 0.0000379. The average molecular weight is 404 g/mol. The molecule has 1 heterocycles. The topological polar surface area (TPSA) is 56.8 Å². The van der Waals surface area contributed by atoms with E-state index in [0.29, 0.717) is 23.7 Å². The number of nitrogens with one attached hydrogen (secondary N) is 1. The number of methoxy groups -OCH3 is 2. The van der Waals surface area contributed by atoms with E-state index in [9.17, 15) is 4.79 Å². The van der Waals surface area contributed by atoms with E-state index >= 15 is 0 Å². The lowest BCUT2D eigenvalue weighted by Gasteiger charge is -2.19. The van der Waals surface area contributed by atoms with E-state index in [1.54, 1.807) is 14.2 Å². The molecule has 3 rings (SSSR count). The molecule has 150 valence electrons. The summed E-state index contributed by atoms with van der Waals surface area (Å²) in [5, 5.41) is 3.50. The molecule has 0 spiro atoms. The van der Waals surface area contributed by atoms with Gasteiger partial charge in [-0.2, -0.15) is 0 Å². The molecule has 0 radical (unpaired) electrons. The monoisotopic (exact) mass is 403 g/mol. The van der Waals surface area contributed by atoms with Gasteiger partial charge in [-0.15, -0.1) is 0 Å². The molecule has 0 bridgehead atoms. The summed E-state index contributed by atoms with van der Waals surface area (Å²) in [6.45, 7) is 6.10. The van der Waals surface area contributed by atoms with Crippen LogP contribution in [-0.4, -0.2) is 32.8 Å². The van der Waals surface area contributed by atoms with E-state index in [2.05, 4.69) is 11.4 Å². The zero-order valence-corrected chi connectivity index (χ0v) is 17.6. The number of ether oxygens (including phenoxy) is 3. The molecule has 0 unspecified atom stereocenters. The molecule has 0 aliphatic carbocycles. The van der Waals surface area contributed by atoms with Crippen LogP contribution in [0.3, 0.4) is 0 Å². The Morgan fingerprint density at radius 3 is 2.61 bits per heavy atom. The minimum Gasteiger partial charge on any atom is -0.497 e. The number of amides is 1. The molecule has 28 heavy (non-hydrogen) atoms. The molecule has 2 aromatic rings. The summed E-state index contributed by atoms with van der Waals surface area (Å²) in [5.74, 6) is 2.17. The summed E-state index contributed by atoms with van der Waals surface area (Å²) in [6.07, 6.45) is 0.542. The Morgan fingerprint density at radius 2 is 1.96 bits per heavy atom. The lowest BCUT2D eigenvalue weighted by molar-refractivity contribution is -0.128. The fourth-order valence-electron chi connectivity index (χ4n) is 3.17. The smallest absolute Gasteiger partial charge is 0.225 e. The van der Waals surface area contributed by atoms with Crippen LogP contribution in [0.2, 0.25) is 5.02 Å². The molecule has 1 amide bonds. The van der Waals surface area contributed by atoms with Crippen molar-refractivity contribution in [1.29, 1.82) is 0 Å². The molecular weight excluding hydrogens is 378 g/mol. The standard InChI is InChI=1S/C22H26ClNO4/c1-22(2,3)21(25)24-12-16-9-14-8-13(10-18(23)20(14)28-16)17-11-15(26-4)6-7-19(17)27-5/h6-8,10-11,16H,9,12H2,1-5H3,(H,24,25)/t16-/m0/s1. The van der Waals surface area contributed by atoms with Crippen LogP contribution in [0.25, 0.3) is 11.1 Å². The molecule has 0 saturated carbocycles. The van der Waals surface area contributed by atoms with Crippen LogP contribution in [0.4, 0.5) is 0 Å². The Labute approximate surface area is 170 Å². The third-order valence-corrected chi connectivity index (χ3v) is 5.02. The highest BCUT2D eigenvalue weighted by atomic mass is 35.5. The van der Waals surface area contributed by atoms with Crippen LogP contribution in [0.1, 0.15) is 26.3 Å². The number of fused-ring (bicyclic) bond motifs is 1. The van der Waals surface area contributed by atoms with E-state index in [-0.39, 0.29) is 12.0 Å². The molecule has 0 saturated heterocycles. The Kier molecular flexibility index (Phi) is 5.75. The van der Waals surface area contributed by atoms with Gasteiger partial charge in [-0.1, -0.05) is 32.4 Å². The second-order valence-corrected chi connectivity index (χ2v) is 8.32. The van der Waals surface area contributed by atoms with Crippen molar-refractivity contribution in [3.8, 4) is 28.4 Å². The summed E-state index contributed by atoms with van der Waals surface area (Å²) in [7, 11) is 3.27. The van der Waals surface area contributed by atoms with Crippen molar-refractivity contribution in [2.75, 3.05) is 20.8 Å². The minimum atomic E-state index is -0.431. The molecule has 0 aromatic heterocycles. The second-order valence-electron chi connectivity index (χ2n) is 7.92. The first kappa shape index (κ1) is 20.3. The van der Waals surface area contributed by atoms with Gasteiger partial charge in [0.15, 0.2) is 0 Å². The lowest BCUT2D eigenvalue weighted by Crippen LogP contribution is -2.40. The molecule has 6 heteroatoms. The van der Waals surface area contributed by atoms with Crippen molar-refractivity contribution in [3.05, 3.63) is 40.9 Å². The Hall–Kier alpha value is -2.40. The van der Waals surface area contributed by atoms with Crippen molar-refractivity contribution in [2.45, 2.75) is 33.3 Å². The number of hydrogen-bond donors (Lipinski definition) is 1.